The van der Waals surface area contributed by atoms with Crippen molar-refractivity contribution in [2.45, 2.75) is 0 Å². The van der Waals surface area contributed by atoms with Crippen molar-refractivity contribution in [3.05, 3.63) is 93.2 Å². The number of hydrogen-bond acceptors (Lipinski definition) is 4. The zero-order valence-corrected chi connectivity index (χ0v) is 17.0. The molecule has 150 valence electrons. The second kappa shape index (κ2) is 8.57. The molecule has 1 N–H and O–H groups in total. The molecule has 1 heterocycles. The number of ether oxygens (including phenoxy) is 1. The lowest BCUT2D eigenvalue weighted by molar-refractivity contribution is -0.118. The Labute approximate surface area is 181 Å². The van der Waals surface area contributed by atoms with E-state index in [2.05, 4.69) is 10.3 Å². The normalized spacial score (nSPS) is 10.7. The largest absolute Gasteiger partial charge is 0.454 e. The van der Waals surface area contributed by atoms with Gasteiger partial charge in [0.05, 0.1) is 16.6 Å². The third-order valence-electron chi connectivity index (χ3n) is 4.27. The second-order valence-electron chi connectivity index (χ2n) is 6.38. The first kappa shape index (κ1) is 19.9. The fraction of sp³-hybridized carbons (Fsp3) is 0.0455. The topological polar surface area (TPSA) is 73.2 Å². The lowest BCUT2D eigenvalue weighted by Gasteiger charge is -2.14. The van der Waals surface area contributed by atoms with E-state index in [0.717, 1.165) is 0 Å². The van der Waals surface area contributed by atoms with Gasteiger partial charge >= 0.3 is 6.01 Å². The number of aromatic nitrogens is 2. The van der Waals surface area contributed by atoms with Crippen molar-refractivity contribution >= 4 is 45.7 Å². The molecule has 0 saturated carbocycles. The van der Waals surface area contributed by atoms with Gasteiger partial charge in [0.2, 0.25) is 0 Å². The molecule has 1 aromatic heterocycles. The van der Waals surface area contributed by atoms with Crippen molar-refractivity contribution in [2.24, 2.45) is 0 Å². The Kier molecular flexibility index (Phi) is 5.70. The Balaban J connectivity index is 1.67. The lowest BCUT2D eigenvalue weighted by atomic mass is 10.2. The van der Waals surface area contributed by atoms with Crippen LogP contribution in [-0.2, 0) is 4.79 Å². The van der Waals surface area contributed by atoms with Crippen LogP contribution in [0.15, 0.2) is 77.6 Å². The molecular formula is C22H15Cl2N3O3. The standard InChI is InChI=1S/C22H15Cl2N3O3/c23-14-8-10-17(11-9-14)27-21(29)18-6-1-2-7-19(18)26-22(27)30-13-20(28)25-16-5-3-4-15(24)12-16/h1-12H,13H2,(H,25,28). The smallest absolute Gasteiger partial charge is 0.305 e. The van der Waals surface area contributed by atoms with E-state index in [1.807, 2.05) is 0 Å². The van der Waals surface area contributed by atoms with E-state index < -0.39 is 5.91 Å². The number of hydrogen-bond donors (Lipinski definition) is 1. The Hall–Kier alpha value is -3.35. The number of nitrogens with one attached hydrogen (secondary N) is 1. The number of amides is 1. The van der Waals surface area contributed by atoms with E-state index in [1.165, 1.54) is 4.57 Å². The summed E-state index contributed by atoms with van der Waals surface area (Å²) in [6, 6.07) is 20.4. The Morgan fingerprint density at radius 3 is 2.50 bits per heavy atom. The van der Waals surface area contributed by atoms with Gasteiger partial charge in [-0.25, -0.2) is 4.57 Å². The first-order chi connectivity index (χ1) is 14.5. The maximum Gasteiger partial charge on any atom is 0.305 e. The van der Waals surface area contributed by atoms with Crippen LogP contribution in [0.4, 0.5) is 5.69 Å². The van der Waals surface area contributed by atoms with E-state index in [4.69, 9.17) is 27.9 Å². The van der Waals surface area contributed by atoms with Gasteiger partial charge in [0, 0.05) is 15.7 Å². The number of halogens is 2. The summed E-state index contributed by atoms with van der Waals surface area (Å²) >= 11 is 11.9. The van der Waals surface area contributed by atoms with Crippen LogP contribution in [0.25, 0.3) is 16.6 Å². The van der Waals surface area contributed by atoms with Gasteiger partial charge in [0.1, 0.15) is 0 Å². The average molecular weight is 440 g/mol. The Morgan fingerprint density at radius 1 is 0.967 bits per heavy atom. The van der Waals surface area contributed by atoms with Gasteiger partial charge in [0.15, 0.2) is 6.61 Å². The van der Waals surface area contributed by atoms with Crippen molar-refractivity contribution in [1.29, 1.82) is 0 Å². The quantitative estimate of drug-likeness (QED) is 0.488. The van der Waals surface area contributed by atoms with E-state index >= 15 is 0 Å². The highest BCUT2D eigenvalue weighted by Crippen LogP contribution is 2.20. The van der Waals surface area contributed by atoms with Gasteiger partial charge in [-0.05, 0) is 54.6 Å². The first-order valence-corrected chi connectivity index (χ1v) is 9.73. The van der Waals surface area contributed by atoms with Crippen molar-refractivity contribution < 1.29 is 9.53 Å². The molecule has 0 aliphatic heterocycles. The van der Waals surface area contributed by atoms with Gasteiger partial charge in [-0.15, -0.1) is 0 Å². The Bertz CT molecular complexity index is 1290. The number of nitrogens with zero attached hydrogens (tertiary/aromatic N) is 2. The zero-order valence-electron chi connectivity index (χ0n) is 15.5. The number of carbonyl (C=O) groups excluding carboxylic acids is 1. The second-order valence-corrected chi connectivity index (χ2v) is 7.25. The van der Waals surface area contributed by atoms with Crippen LogP contribution >= 0.6 is 23.2 Å². The summed E-state index contributed by atoms with van der Waals surface area (Å²) in [7, 11) is 0. The molecule has 8 heteroatoms. The SMILES string of the molecule is O=C(COc1nc2ccccc2c(=O)n1-c1ccc(Cl)cc1)Nc1cccc(Cl)c1. The van der Waals surface area contributed by atoms with Gasteiger partial charge in [-0.3, -0.25) is 9.59 Å². The minimum Gasteiger partial charge on any atom is -0.454 e. The monoisotopic (exact) mass is 439 g/mol. The zero-order chi connectivity index (χ0) is 21.1. The molecule has 0 atom stereocenters. The van der Waals surface area contributed by atoms with Crippen LogP contribution in [0.2, 0.25) is 10.0 Å². The van der Waals surface area contributed by atoms with Gasteiger partial charge in [0.25, 0.3) is 11.5 Å². The Morgan fingerprint density at radius 2 is 1.73 bits per heavy atom. The van der Waals surface area contributed by atoms with E-state index in [0.29, 0.717) is 32.3 Å². The number of benzene rings is 3. The molecule has 4 aromatic rings. The molecule has 0 unspecified atom stereocenters. The third-order valence-corrected chi connectivity index (χ3v) is 4.76. The molecule has 0 fully saturated rings. The lowest BCUT2D eigenvalue weighted by Crippen LogP contribution is -2.26. The summed E-state index contributed by atoms with van der Waals surface area (Å²) in [4.78, 5) is 29.9. The number of para-hydroxylation sites is 1. The molecule has 0 aliphatic rings. The summed E-state index contributed by atoms with van der Waals surface area (Å²) in [5.41, 5.74) is 1.22. The summed E-state index contributed by atoms with van der Waals surface area (Å²) in [6.07, 6.45) is 0. The number of anilines is 1. The first-order valence-electron chi connectivity index (χ1n) is 8.97. The number of fused-ring (bicyclic) bond motifs is 1. The minimum atomic E-state index is -0.415. The highest BCUT2D eigenvalue weighted by molar-refractivity contribution is 6.31. The summed E-state index contributed by atoms with van der Waals surface area (Å²) in [5, 5.41) is 4.16. The fourth-order valence-corrected chi connectivity index (χ4v) is 3.24. The highest BCUT2D eigenvalue weighted by Gasteiger charge is 2.15. The van der Waals surface area contributed by atoms with E-state index in [1.54, 1.807) is 72.8 Å². The molecular weight excluding hydrogens is 425 g/mol. The van der Waals surface area contributed by atoms with E-state index in [-0.39, 0.29) is 18.2 Å². The average Bonchev–Trinajstić information content (AvgIpc) is 2.73. The number of rotatable bonds is 5. The van der Waals surface area contributed by atoms with Crippen LogP contribution in [0, 0.1) is 0 Å². The molecule has 0 bridgehead atoms. The van der Waals surface area contributed by atoms with Gasteiger partial charge < -0.3 is 10.1 Å². The van der Waals surface area contributed by atoms with Crippen molar-refractivity contribution in [1.82, 2.24) is 9.55 Å². The summed E-state index contributed by atoms with van der Waals surface area (Å²) in [5.74, 6) is -0.415. The molecule has 0 aliphatic carbocycles. The van der Waals surface area contributed by atoms with Crippen molar-refractivity contribution in [2.75, 3.05) is 11.9 Å². The minimum absolute atomic E-state index is 0.00210. The molecule has 0 spiro atoms. The van der Waals surface area contributed by atoms with Crippen LogP contribution < -0.4 is 15.6 Å². The molecule has 30 heavy (non-hydrogen) atoms. The van der Waals surface area contributed by atoms with Crippen LogP contribution in [0.1, 0.15) is 0 Å². The van der Waals surface area contributed by atoms with Crippen LogP contribution in [-0.4, -0.2) is 22.1 Å². The number of carbonyl (C=O) groups is 1. The summed E-state index contributed by atoms with van der Waals surface area (Å²) < 4.78 is 6.96. The molecule has 3 aromatic carbocycles. The predicted octanol–water partition coefficient (Wildman–Crippen LogP) is 4.71. The molecule has 1 amide bonds. The van der Waals surface area contributed by atoms with E-state index in [9.17, 15) is 9.59 Å². The maximum absolute atomic E-state index is 13.1. The maximum atomic E-state index is 13.1. The molecule has 0 radical (unpaired) electrons. The fourth-order valence-electron chi connectivity index (χ4n) is 2.92. The van der Waals surface area contributed by atoms with Crippen LogP contribution in [0.3, 0.4) is 0 Å². The summed E-state index contributed by atoms with van der Waals surface area (Å²) in [6.45, 7) is -0.342. The van der Waals surface area contributed by atoms with Gasteiger partial charge in [-0.2, -0.15) is 4.98 Å². The highest BCUT2D eigenvalue weighted by atomic mass is 35.5. The van der Waals surface area contributed by atoms with Crippen molar-refractivity contribution in [3.63, 3.8) is 0 Å². The third kappa shape index (κ3) is 4.30. The molecule has 4 rings (SSSR count). The van der Waals surface area contributed by atoms with Crippen LogP contribution in [0.5, 0.6) is 6.01 Å². The van der Waals surface area contributed by atoms with Gasteiger partial charge in [-0.1, -0.05) is 41.4 Å². The predicted molar refractivity (Wildman–Crippen MR) is 118 cm³/mol. The van der Waals surface area contributed by atoms with Crippen molar-refractivity contribution in [3.8, 4) is 11.7 Å². The molecule has 6 nitrogen and oxygen atoms in total. The molecule has 0 saturated heterocycles.